The molecule has 0 saturated carbocycles. The van der Waals surface area contributed by atoms with E-state index in [4.69, 9.17) is 22.7 Å². The molecular formula is C6H11NOS. The third-order valence-electron chi connectivity index (χ3n) is 1.50. The summed E-state index contributed by atoms with van der Waals surface area (Å²) in [5, 5.41) is 0. The smallest absolute Gasteiger partial charge is 0.0734 e. The van der Waals surface area contributed by atoms with Gasteiger partial charge in [-0.05, 0) is 0 Å². The quantitative estimate of drug-likeness (QED) is 0.581. The lowest BCUT2D eigenvalue weighted by Crippen LogP contribution is -2.42. The molecule has 1 rings (SSSR count). The van der Waals surface area contributed by atoms with Gasteiger partial charge in [-0.1, -0.05) is 19.1 Å². The van der Waals surface area contributed by atoms with Crippen molar-refractivity contribution >= 4 is 17.2 Å². The van der Waals surface area contributed by atoms with Gasteiger partial charge in [0.2, 0.25) is 0 Å². The first-order valence-corrected chi connectivity index (χ1v) is 3.39. The zero-order valence-electron chi connectivity index (χ0n) is 5.52. The molecule has 0 spiro atoms. The molecule has 2 nitrogen and oxygen atoms in total. The first-order chi connectivity index (χ1) is 4.12. The lowest BCUT2D eigenvalue weighted by molar-refractivity contribution is -0.0962. The fourth-order valence-corrected chi connectivity index (χ4v) is 1.32. The van der Waals surface area contributed by atoms with E-state index >= 15 is 0 Å². The minimum absolute atomic E-state index is 0.256. The molecule has 0 atom stereocenters. The van der Waals surface area contributed by atoms with Gasteiger partial charge in [-0.15, -0.1) is 0 Å². The van der Waals surface area contributed by atoms with Crippen LogP contribution in [0.25, 0.3) is 0 Å². The zero-order chi connectivity index (χ0) is 6.91. The molecule has 0 bridgehead atoms. The molecule has 1 fully saturated rings. The van der Waals surface area contributed by atoms with E-state index in [1.165, 1.54) is 0 Å². The number of ether oxygens (including phenoxy) is 1. The third kappa shape index (κ3) is 1.63. The molecule has 1 saturated heterocycles. The van der Waals surface area contributed by atoms with Gasteiger partial charge in [0.25, 0.3) is 0 Å². The Hall–Kier alpha value is -0.150. The van der Waals surface area contributed by atoms with E-state index in [9.17, 15) is 0 Å². The van der Waals surface area contributed by atoms with Gasteiger partial charge in [0.05, 0.1) is 18.2 Å². The van der Waals surface area contributed by atoms with Crippen molar-refractivity contribution in [3.05, 3.63) is 0 Å². The summed E-state index contributed by atoms with van der Waals surface area (Å²) in [5.41, 5.74) is 5.62. The monoisotopic (exact) mass is 145 g/mol. The second-order valence-corrected chi connectivity index (χ2v) is 3.47. The number of thiocarbonyl (C=S) groups is 1. The molecule has 1 heterocycles. The van der Waals surface area contributed by atoms with Crippen LogP contribution in [0.3, 0.4) is 0 Å². The molecule has 0 aromatic carbocycles. The van der Waals surface area contributed by atoms with Crippen LogP contribution in [0.1, 0.15) is 13.3 Å². The number of rotatable bonds is 2. The average molecular weight is 145 g/mol. The standard InChI is InChI=1S/C6H11NOS/c1-6(2-5(7)9)3-8-4-6/h2-4H2,1H3,(H2,7,9). The molecule has 0 aliphatic carbocycles. The van der Waals surface area contributed by atoms with Crippen molar-refractivity contribution in [2.45, 2.75) is 13.3 Å². The fourth-order valence-electron chi connectivity index (χ4n) is 0.973. The van der Waals surface area contributed by atoms with Gasteiger partial charge < -0.3 is 10.5 Å². The van der Waals surface area contributed by atoms with E-state index in [-0.39, 0.29) is 5.41 Å². The molecule has 0 aromatic rings. The van der Waals surface area contributed by atoms with E-state index in [0.717, 1.165) is 19.6 Å². The van der Waals surface area contributed by atoms with Gasteiger partial charge in [0, 0.05) is 11.8 Å². The number of nitrogens with two attached hydrogens (primary N) is 1. The SMILES string of the molecule is CC1(CC(N)=S)COC1. The lowest BCUT2D eigenvalue weighted by Gasteiger charge is -2.37. The minimum atomic E-state index is 0.256. The van der Waals surface area contributed by atoms with Crippen LogP contribution in [0, 0.1) is 5.41 Å². The van der Waals surface area contributed by atoms with Crippen LogP contribution >= 0.6 is 12.2 Å². The summed E-state index contributed by atoms with van der Waals surface area (Å²) >= 11 is 4.77. The van der Waals surface area contributed by atoms with Crippen molar-refractivity contribution < 1.29 is 4.74 Å². The average Bonchev–Trinajstić information content (AvgIpc) is 1.60. The summed E-state index contributed by atoms with van der Waals surface area (Å²) in [5.74, 6) is 0. The topological polar surface area (TPSA) is 35.2 Å². The van der Waals surface area contributed by atoms with Crippen LogP contribution in [0.15, 0.2) is 0 Å². The summed E-state index contributed by atoms with van der Waals surface area (Å²) in [6.45, 7) is 3.75. The van der Waals surface area contributed by atoms with Gasteiger partial charge in [0.15, 0.2) is 0 Å². The number of hydrogen-bond acceptors (Lipinski definition) is 2. The van der Waals surface area contributed by atoms with Crippen molar-refractivity contribution in [3.8, 4) is 0 Å². The van der Waals surface area contributed by atoms with Gasteiger partial charge in [-0.25, -0.2) is 0 Å². The maximum Gasteiger partial charge on any atom is 0.0734 e. The van der Waals surface area contributed by atoms with E-state index in [1.54, 1.807) is 0 Å². The van der Waals surface area contributed by atoms with Crippen molar-refractivity contribution in [1.29, 1.82) is 0 Å². The molecule has 0 aromatic heterocycles. The van der Waals surface area contributed by atoms with Crippen LogP contribution in [0.2, 0.25) is 0 Å². The maximum atomic E-state index is 5.36. The molecule has 1 aliphatic rings. The molecule has 0 unspecified atom stereocenters. The maximum absolute atomic E-state index is 5.36. The van der Waals surface area contributed by atoms with Crippen LogP contribution in [0.4, 0.5) is 0 Å². The molecule has 0 amide bonds. The Labute approximate surface area is 60.4 Å². The highest BCUT2D eigenvalue weighted by Gasteiger charge is 2.33. The lowest BCUT2D eigenvalue weighted by atomic mass is 9.85. The normalized spacial score (nSPS) is 22.8. The molecule has 0 radical (unpaired) electrons. The van der Waals surface area contributed by atoms with Crippen molar-refractivity contribution in [3.63, 3.8) is 0 Å². The van der Waals surface area contributed by atoms with E-state index in [1.807, 2.05) is 0 Å². The Morgan fingerprint density at radius 2 is 2.33 bits per heavy atom. The summed E-state index contributed by atoms with van der Waals surface area (Å²) in [4.78, 5) is 0.598. The Bertz CT molecular complexity index is 131. The molecule has 3 heteroatoms. The predicted molar refractivity (Wildman–Crippen MR) is 40.3 cm³/mol. The first-order valence-electron chi connectivity index (χ1n) is 2.98. The van der Waals surface area contributed by atoms with Crippen LogP contribution in [-0.4, -0.2) is 18.2 Å². The second-order valence-electron chi connectivity index (χ2n) is 2.95. The molecule has 2 N–H and O–H groups in total. The molecular weight excluding hydrogens is 134 g/mol. The minimum Gasteiger partial charge on any atom is -0.393 e. The first kappa shape index (κ1) is 6.96. The van der Waals surface area contributed by atoms with Gasteiger partial charge in [-0.3, -0.25) is 0 Å². The van der Waals surface area contributed by atoms with Crippen LogP contribution in [0.5, 0.6) is 0 Å². The summed E-state index contributed by atoms with van der Waals surface area (Å²) < 4.78 is 5.02. The third-order valence-corrected chi connectivity index (χ3v) is 1.65. The predicted octanol–water partition coefficient (Wildman–Crippen LogP) is 0.699. The van der Waals surface area contributed by atoms with E-state index < -0.39 is 0 Å². The number of hydrogen-bond donors (Lipinski definition) is 1. The van der Waals surface area contributed by atoms with Crippen LogP contribution < -0.4 is 5.73 Å². The van der Waals surface area contributed by atoms with E-state index in [2.05, 4.69) is 6.92 Å². The molecule has 1 aliphatic heterocycles. The Morgan fingerprint density at radius 1 is 1.78 bits per heavy atom. The van der Waals surface area contributed by atoms with Gasteiger partial charge in [0.1, 0.15) is 0 Å². The summed E-state index contributed by atoms with van der Waals surface area (Å²) in [6.07, 6.45) is 0.822. The highest BCUT2D eigenvalue weighted by molar-refractivity contribution is 7.80. The largest absolute Gasteiger partial charge is 0.393 e. The highest BCUT2D eigenvalue weighted by Crippen LogP contribution is 2.29. The Kier molecular flexibility index (Phi) is 1.73. The van der Waals surface area contributed by atoms with Gasteiger partial charge >= 0.3 is 0 Å². The fraction of sp³-hybridized carbons (Fsp3) is 0.833. The van der Waals surface area contributed by atoms with Crippen molar-refractivity contribution in [1.82, 2.24) is 0 Å². The highest BCUT2D eigenvalue weighted by atomic mass is 32.1. The van der Waals surface area contributed by atoms with Crippen molar-refractivity contribution in [2.24, 2.45) is 11.1 Å². The second kappa shape index (κ2) is 2.23. The Balaban J connectivity index is 2.33. The zero-order valence-corrected chi connectivity index (χ0v) is 6.33. The van der Waals surface area contributed by atoms with Crippen LogP contribution in [-0.2, 0) is 4.74 Å². The van der Waals surface area contributed by atoms with Crippen molar-refractivity contribution in [2.75, 3.05) is 13.2 Å². The van der Waals surface area contributed by atoms with Gasteiger partial charge in [-0.2, -0.15) is 0 Å². The molecule has 52 valence electrons. The van der Waals surface area contributed by atoms with E-state index in [0.29, 0.717) is 4.99 Å². The molecule has 9 heavy (non-hydrogen) atoms. The summed E-state index contributed by atoms with van der Waals surface area (Å²) in [6, 6.07) is 0. The Morgan fingerprint density at radius 3 is 2.44 bits per heavy atom. The summed E-state index contributed by atoms with van der Waals surface area (Å²) in [7, 11) is 0.